The molecule has 0 amide bonds. The van der Waals surface area contributed by atoms with Gasteiger partial charge in [-0.1, -0.05) is 0 Å². The second-order valence-corrected chi connectivity index (χ2v) is 4.03. The van der Waals surface area contributed by atoms with Crippen molar-refractivity contribution in [1.82, 2.24) is 10.2 Å². The van der Waals surface area contributed by atoms with Gasteiger partial charge in [0.2, 0.25) is 0 Å². The van der Waals surface area contributed by atoms with Crippen LogP contribution in [-0.4, -0.2) is 20.8 Å². The van der Waals surface area contributed by atoms with Crippen molar-refractivity contribution in [3.63, 3.8) is 0 Å². The Labute approximate surface area is 77.1 Å². The number of aryl methyl sites for hydroxylation is 1. The number of aliphatic hydroxyl groups excluding tert-OH is 1. The summed E-state index contributed by atoms with van der Waals surface area (Å²) in [5, 5.41) is 16.5. The summed E-state index contributed by atoms with van der Waals surface area (Å²) < 4.78 is 0. The van der Waals surface area contributed by atoms with E-state index in [1.807, 2.05) is 6.92 Å². The van der Waals surface area contributed by atoms with Gasteiger partial charge in [0.05, 0.1) is 12.3 Å². The van der Waals surface area contributed by atoms with Crippen LogP contribution in [-0.2, 0) is 0 Å². The van der Waals surface area contributed by atoms with E-state index < -0.39 is 6.10 Å². The normalized spacial score (nSPS) is 21.5. The predicted octanol–water partition coefficient (Wildman–Crippen LogP) is 0.633. The highest BCUT2D eigenvalue weighted by atomic mass is 16.3. The first-order valence-corrected chi connectivity index (χ1v) is 4.57. The van der Waals surface area contributed by atoms with Crippen molar-refractivity contribution >= 4 is 0 Å². The van der Waals surface area contributed by atoms with Crippen LogP contribution < -0.4 is 5.73 Å². The smallest absolute Gasteiger partial charge is 0.0840 e. The monoisotopic (exact) mass is 181 g/mol. The molecule has 72 valence electrons. The number of aliphatic hydroxyl groups is 1. The highest BCUT2D eigenvalue weighted by molar-refractivity contribution is 5.19. The number of rotatable bonds is 3. The first kappa shape index (κ1) is 8.72. The van der Waals surface area contributed by atoms with Crippen molar-refractivity contribution < 1.29 is 5.11 Å². The minimum Gasteiger partial charge on any atom is -0.388 e. The number of nitrogens with zero attached hydrogens (tertiary/aromatic N) is 1. The first-order chi connectivity index (χ1) is 6.11. The van der Waals surface area contributed by atoms with Crippen LogP contribution >= 0.6 is 0 Å². The highest BCUT2D eigenvalue weighted by Gasteiger charge is 2.40. The van der Waals surface area contributed by atoms with E-state index in [2.05, 4.69) is 10.2 Å². The largest absolute Gasteiger partial charge is 0.388 e. The molecule has 1 saturated carbocycles. The Morgan fingerprint density at radius 3 is 2.92 bits per heavy atom. The molecule has 1 fully saturated rings. The SMILES string of the molecule is Cc1[nH]ncc1C(O)CC1(N)CC1. The lowest BCUT2D eigenvalue weighted by atomic mass is 10.0. The molecule has 1 aromatic rings. The molecule has 1 atom stereocenters. The molecule has 0 aliphatic heterocycles. The van der Waals surface area contributed by atoms with Crippen LogP contribution in [0.4, 0.5) is 0 Å². The quantitative estimate of drug-likeness (QED) is 0.640. The third-order valence-corrected chi connectivity index (χ3v) is 2.72. The summed E-state index contributed by atoms with van der Waals surface area (Å²) >= 11 is 0. The molecule has 4 heteroatoms. The third kappa shape index (κ3) is 1.73. The average molecular weight is 181 g/mol. The maximum atomic E-state index is 9.83. The molecule has 4 nitrogen and oxygen atoms in total. The van der Waals surface area contributed by atoms with Crippen LogP contribution in [0.25, 0.3) is 0 Å². The molecule has 0 saturated heterocycles. The van der Waals surface area contributed by atoms with Crippen molar-refractivity contribution in [2.75, 3.05) is 0 Å². The van der Waals surface area contributed by atoms with Gasteiger partial charge in [-0.25, -0.2) is 0 Å². The van der Waals surface area contributed by atoms with E-state index >= 15 is 0 Å². The van der Waals surface area contributed by atoms with Gasteiger partial charge in [0.25, 0.3) is 0 Å². The van der Waals surface area contributed by atoms with Crippen LogP contribution in [0.15, 0.2) is 6.20 Å². The molecule has 13 heavy (non-hydrogen) atoms. The number of hydrogen-bond acceptors (Lipinski definition) is 3. The number of aromatic amines is 1. The zero-order valence-corrected chi connectivity index (χ0v) is 7.75. The van der Waals surface area contributed by atoms with Gasteiger partial charge in [0.15, 0.2) is 0 Å². The highest BCUT2D eigenvalue weighted by Crippen LogP contribution is 2.40. The summed E-state index contributed by atoms with van der Waals surface area (Å²) in [6, 6.07) is 0. The van der Waals surface area contributed by atoms with Gasteiger partial charge in [-0.3, -0.25) is 5.10 Å². The minimum atomic E-state index is -0.466. The summed E-state index contributed by atoms with van der Waals surface area (Å²) in [7, 11) is 0. The third-order valence-electron chi connectivity index (χ3n) is 2.72. The summed E-state index contributed by atoms with van der Waals surface area (Å²) in [5.41, 5.74) is 7.60. The van der Waals surface area contributed by atoms with Gasteiger partial charge in [-0.15, -0.1) is 0 Å². The number of hydrogen-bond donors (Lipinski definition) is 3. The Bertz CT molecular complexity index is 304. The molecule has 1 heterocycles. The van der Waals surface area contributed by atoms with Gasteiger partial charge in [0, 0.05) is 16.8 Å². The number of aromatic nitrogens is 2. The standard InChI is InChI=1S/C9H15N3O/c1-6-7(5-11-12-6)8(13)4-9(10)2-3-9/h5,8,13H,2-4,10H2,1H3,(H,11,12). The molecule has 0 radical (unpaired) electrons. The molecule has 4 N–H and O–H groups in total. The van der Waals surface area contributed by atoms with E-state index in [1.54, 1.807) is 6.20 Å². The van der Waals surface area contributed by atoms with Crippen LogP contribution in [0.5, 0.6) is 0 Å². The molecular formula is C9H15N3O. The lowest BCUT2D eigenvalue weighted by molar-refractivity contribution is 0.154. The Morgan fingerprint density at radius 1 is 1.77 bits per heavy atom. The van der Waals surface area contributed by atoms with Crippen molar-refractivity contribution in [2.24, 2.45) is 5.73 Å². The van der Waals surface area contributed by atoms with Gasteiger partial charge >= 0.3 is 0 Å². The molecule has 2 rings (SSSR count). The van der Waals surface area contributed by atoms with Crippen molar-refractivity contribution in [3.8, 4) is 0 Å². The van der Waals surface area contributed by atoms with Gasteiger partial charge in [-0.05, 0) is 26.2 Å². The Kier molecular flexibility index (Phi) is 1.89. The van der Waals surface area contributed by atoms with E-state index in [0.717, 1.165) is 24.1 Å². The number of H-pyrrole nitrogens is 1. The molecule has 1 aliphatic rings. The fourth-order valence-electron chi connectivity index (χ4n) is 1.56. The zero-order chi connectivity index (χ0) is 9.47. The van der Waals surface area contributed by atoms with Gasteiger partial charge in [-0.2, -0.15) is 5.10 Å². The molecular weight excluding hydrogens is 166 g/mol. The van der Waals surface area contributed by atoms with Crippen molar-refractivity contribution in [3.05, 3.63) is 17.5 Å². The van der Waals surface area contributed by atoms with E-state index in [0.29, 0.717) is 6.42 Å². The van der Waals surface area contributed by atoms with Crippen LogP contribution in [0.3, 0.4) is 0 Å². The fourth-order valence-corrected chi connectivity index (χ4v) is 1.56. The van der Waals surface area contributed by atoms with Crippen LogP contribution in [0.1, 0.15) is 36.6 Å². The Morgan fingerprint density at radius 2 is 2.46 bits per heavy atom. The number of nitrogens with one attached hydrogen (secondary N) is 1. The molecule has 1 aliphatic carbocycles. The lowest BCUT2D eigenvalue weighted by Crippen LogP contribution is -2.24. The Balaban J connectivity index is 2.05. The number of nitrogens with two attached hydrogens (primary N) is 1. The average Bonchev–Trinajstić information content (AvgIpc) is 2.63. The van der Waals surface area contributed by atoms with Gasteiger partial charge < -0.3 is 10.8 Å². The van der Waals surface area contributed by atoms with Gasteiger partial charge in [0.1, 0.15) is 0 Å². The maximum absolute atomic E-state index is 9.83. The van der Waals surface area contributed by atoms with Crippen LogP contribution in [0, 0.1) is 6.92 Å². The first-order valence-electron chi connectivity index (χ1n) is 4.57. The predicted molar refractivity (Wildman–Crippen MR) is 49.1 cm³/mol. The summed E-state index contributed by atoms with van der Waals surface area (Å²) in [6.07, 6.45) is 3.91. The molecule has 0 aromatic carbocycles. The minimum absolute atomic E-state index is 0.108. The second-order valence-electron chi connectivity index (χ2n) is 4.03. The molecule has 0 spiro atoms. The second kappa shape index (κ2) is 2.82. The topological polar surface area (TPSA) is 74.9 Å². The maximum Gasteiger partial charge on any atom is 0.0840 e. The van der Waals surface area contributed by atoms with Crippen molar-refractivity contribution in [1.29, 1.82) is 0 Å². The van der Waals surface area contributed by atoms with E-state index in [9.17, 15) is 5.11 Å². The van der Waals surface area contributed by atoms with E-state index in [-0.39, 0.29) is 5.54 Å². The summed E-state index contributed by atoms with van der Waals surface area (Å²) in [6.45, 7) is 1.90. The summed E-state index contributed by atoms with van der Waals surface area (Å²) in [5.74, 6) is 0. The summed E-state index contributed by atoms with van der Waals surface area (Å²) in [4.78, 5) is 0. The van der Waals surface area contributed by atoms with E-state index in [1.165, 1.54) is 0 Å². The molecule has 1 unspecified atom stereocenters. The fraction of sp³-hybridized carbons (Fsp3) is 0.667. The Hall–Kier alpha value is -0.870. The lowest BCUT2D eigenvalue weighted by Gasteiger charge is -2.14. The van der Waals surface area contributed by atoms with Crippen LogP contribution in [0.2, 0.25) is 0 Å². The molecule has 0 bridgehead atoms. The zero-order valence-electron chi connectivity index (χ0n) is 7.75. The molecule has 1 aromatic heterocycles. The van der Waals surface area contributed by atoms with E-state index in [4.69, 9.17) is 5.73 Å². The van der Waals surface area contributed by atoms with Crippen molar-refractivity contribution in [2.45, 2.75) is 37.8 Å².